The van der Waals surface area contributed by atoms with Gasteiger partial charge in [0.2, 0.25) is 5.95 Å². The first-order chi connectivity index (χ1) is 12.6. The van der Waals surface area contributed by atoms with Crippen molar-refractivity contribution < 1.29 is 9.47 Å². The Morgan fingerprint density at radius 2 is 1.96 bits per heavy atom. The number of fused-ring (bicyclic) bond motifs is 1. The van der Waals surface area contributed by atoms with E-state index < -0.39 is 0 Å². The monoisotopic (exact) mass is 354 g/mol. The number of hydrogen-bond donors (Lipinski definition) is 1. The third-order valence-electron chi connectivity index (χ3n) is 4.57. The SMILES string of the molecule is CCNc1nc(C)c2c(n1)N(CC)CC(c1ccc(OC)cc1OC)=C2. The van der Waals surface area contributed by atoms with Crippen molar-refractivity contribution in [3.05, 3.63) is 35.0 Å². The molecule has 1 aromatic carbocycles. The van der Waals surface area contributed by atoms with Crippen LogP contribution in [-0.2, 0) is 0 Å². The Balaban J connectivity index is 2.10. The van der Waals surface area contributed by atoms with Crippen LogP contribution in [0.2, 0.25) is 0 Å². The summed E-state index contributed by atoms with van der Waals surface area (Å²) in [5.74, 6) is 3.25. The van der Waals surface area contributed by atoms with Crippen LogP contribution in [0.25, 0.3) is 11.6 Å². The summed E-state index contributed by atoms with van der Waals surface area (Å²) in [4.78, 5) is 11.6. The normalized spacial score (nSPS) is 13.1. The molecule has 0 spiro atoms. The number of hydrogen-bond acceptors (Lipinski definition) is 6. The lowest BCUT2D eigenvalue weighted by Gasteiger charge is -2.30. The number of nitrogens with one attached hydrogen (secondary N) is 1. The van der Waals surface area contributed by atoms with Crippen LogP contribution in [-0.4, -0.2) is 43.8 Å². The number of aromatic nitrogens is 2. The molecule has 0 radical (unpaired) electrons. The van der Waals surface area contributed by atoms with E-state index >= 15 is 0 Å². The zero-order chi connectivity index (χ0) is 18.7. The molecule has 26 heavy (non-hydrogen) atoms. The summed E-state index contributed by atoms with van der Waals surface area (Å²) in [6, 6.07) is 5.92. The van der Waals surface area contributed by atoms with E-state index in [1.807, 2.05) is 32.0 Å². The molecule has 0 saturated carbocycles. The van der Waals surface area contributed by atoms with E-state index in [0.717, 1.165) is 53.8 Å². The molecular weight excluding hydrogens is 328 g/mol. The number of benzene rings is 1. The van der Waals surface area contributed by atoms with Gasteiger partial charge in [0.1, 0.15) is 17.3 Å². The molecule has 3 rings (SSSR count). The van der Waals surface area contributed by atoms with E-state index in [0.29, 0.717) is 5.95 Å². The molecule has 6 heteroatoms. The number of ether oxygens (including phenoxy) is 2. The number of rotatable bonds is 6. The smallest absolute Gasteiger partial charge is 0.224 e. The van der Waals surface area contributed by atoms with Gasteiger partial charge in [-0.2, -0.15) is 4.98 Å². The second kappa shape index (κ2) is 7.64. The van der Waals surface area contributed by atoms with Gasteiger partial charge in [-0.3, -0.25) is 0 Å². The molecule has 0 saturated heterocycles. The highest BCUT2D eigenvalue weighted by atomic mass is 16.5. The minimum absolute atomic E-state index is 0.682. The third kappa shape index (κ3) is 3.31. The zero-order valence-electron chi connectivity index (χ0n) is 16.1. The largest absolute Gasteiger partial charge is 0.497 e. The molecule has 1 aliphatic heterocycles. The van der Waals surface area contributed by atoms with Crippen LogP contribution in [0, 0.1) is 6.92 Å². The third-order valence-corrected chi connectivity index (χ3v) is 4.57. The minimum atomic E-state index is 0.682. The van der Waals surface area contributed by atoms with Crippen LogP contribution in [0.15, 0.2) is 18.2 Å². The average Bonchev–Trinajstić information content (AvgIpc) is 2.67. The minimum Gasteiger partial charge on any atom is -0.497 e. The molecular formula is C20H26N4O2. The molecule has 0 atom stereocenters. The number of nitrogens with zero attached hydrogens (tertiary/aromatic N) is 3. The van der Waals surface area contributed by atoms with Gasteiger partial charge in [0, 0.05) is 36.8 Å². The molecule has 0 unspecified atom stereocenters. The van der Waals surface area contributed by atoms with Crippen LogP contribution in [0.5, 0.6) is 11.5 Å². The van der Waals surface area contributed by atoms with E-state index in [4.69, 9.17) is 14.5 Å². The van der Waals surface area contributed by atoms with Crippen LogP contribution < -0.4 is 19.7 Å². The number of methoxy groups -OCH3 is 2. The lowest BCUT2D eigenvalue weighted by molar-refractivity contribution is 0.393. The van der Waals surface area contributed by atoms with E-state index in [-0.39, 0.29) is 0 Å². The number of likely N-dealkylation sites (N-methyl/N-ethyl adjacent to an activating group) is 1. The molecule has 1 N–H and O–H groups in total. The Kier molecular flexibility index (Phi) is 5.30. The molecule has 1 aliphatic rings. The van der Waals surface area contributed by atoms with E-state index in [9.17, 15) is 0 Å². The fourth-order valence-electron chi connectivity index (χ4n) is 3.20. The molecule has 0 fully saturated rings. The summed E-state index contributed by atoms with van der Waals surface area (Å²) in [5.41, 5.74) is 4.27. The topological polar surface area (TPSA) is 59.5 Å². The van der Waals surface area contributed by atoms with Gasteiger partial charge >= 0.3 is 0 Å². The fourth-order valence-corrected chi connectivity index (χ4v) is 3.20. The van der Waals surface area contributed by atoms with Crippen LogP contribution >= 0.6 is 0 Å². The lowest BCUT2D eigenvalue weighted by atomic mass is 9.97. The summed E-state index contributed by atoms with van der Waals surface area (Å²) in [6.07, 6.45) is 2.18. The van der Waals surface area contributed by atoms with Gasteiger partial charge in [-0.1, -0.05) is 0 Å². The first-order valence-electron chi connectivity index (χ1n) is 8.91. The highest BCUT2D eigenvalue weighted by Gasteiger charge is 2.24. The maximum Gasteiger partial charge on any atom is 0.224 e. The van der Waals surface area contributed by atoms with E-state index in [1.54, 1.807) is 14.2 Å². The van der Waals surface area contributed by atoms with Gasteiger partial charge in [0.15, 0.2) is 0 Å². The lowest BCUT2D eigenvalue weighted by Crippen LogP contribution is -2.30. The molecule has 1 aromatic heterocycles. The molecule has 0 amide bonds. The van der Waals surface area contributed by atoms with E-state index in [2.05, 4.69) is 28.2 Å². The van der Waals surface area contributed by atoms with Crippen molar-refractivity contribution in [2.75, 3.05) is 44.1 Å². The quantitative estimate of drug-likeness (QED) is 0.855. The highest BCUT2D eigenvalue weighted by molar-refractivity contribution is 5.92. The molecule has 138 valence electrons. The second-order valence-corrected chi connectivity index (χ2v) is 6.15. The van der Waals surface area contributed by atoms with Gasteiger partial charge in [0.05, 0.1) is 19.9 Å². The Morgan fingerprint density at radius 1 is 1.15 bits per heavy atom. The van der Waals surface area contributed by atoms with Gasteiger partial charge in [0.25, 0.3) is 0 Å². The van der Waals surface area contributed by atoms with Gasteiger partial charge in [-0.25, -0.2) is 4.98 Å². The summed E-state index contributed by atoms with van der Waals surface area (Å²) in [5, 5.41) is 3.21. The van der Waals surface area contributed by atoms with Crippen LogP contribution in [0.3, 0.4) is 0 Å². The van der Waals surface area contributed by atoms with Crippen molar-refractivity contribution in [1.29, 1.82) is 0 Å². The van der Waals surface area contributed by atoms with Crippen molar-refractivity contribution in [1.82, 2.24) is 9.97 Å². The van der Waals surface area contributed by atoms with Crippen LogP contribution in [0.1, 0.15) is 30.7 Å². The first-order valence-corrected chi connectivity index (χ1v) is 8.91. The molecule has 0 bridgehead atoms. The Bertz CT molecular complexity index is 833. The summed E-state index contributed by atoms with van der Waals surface area (Å²) >= 11 is 0. The predicted molar refractivity (Wildman–Crippen MR) is 106 cm³/mol. The average molecular weight is 354 g/mol. The second-order valence-electron chi connectivity index (χ2n) is 6.15. The van der Waals surface area contributed by atoms with Gasteiger partial charge < -0.3 is 19.7 Å². The maximum absolute atomic E-state index is 5.60. The fraction of sp³-hybridized carbons (Fsp3) is 0.400. The molecule has 6 nitrogen and oxygen atoms in total. The van der Waals surface area contributed by atoms with Crippen molar-refractivity contribution in [2.45, 2.75) is 20.8 Å². The van der Waals surface area contributed by atoms with Gasteiger partial charge in [-0.15, -0.1) is 0 Å². The van der Waals surface area contributed by atoms with Crippen molar-refractivity contribution in [3.63, 3.8) is 0 Å². The number of aryl methyl sites for hydroxylation is 1. The highest BCUT2D eigenvalue weighted by Crippen LogP contribution is 2.37. The number of anilines is 2. The molecule has 2 heterocycles. The Morgan fingerprint density at radius 3 is 2.62 bits per heavy atom. The Hall–Kier alpha value is -2.76. The summed E-state index contributed by atoms with van der Waals surface area (Å²) < 4.78 is 10.9. The summed E-state index contributed by atoms with van der Waals surface area (Å²) in [7, 11) is 3.34. The molecule has 0 aliphatic carbocycles. The predicted octanol–water partition coefficient (Wildman–Crippen LogP) is 3.61. The maximum atomic E-state index is 5.60. The first kappa shape index (κ1) is 18.0. The zero-order valence-corrected chi connectivity index (χ0v) is 16.1. The standard InChI is InChI=1S/C20H26N4O2/c1-6-21-20-22-13(3)17-10-14(12-24(7-2)19(17)23-20)16-9-8-15(25-4)11-18(16)26-5/h8-11H,6-7,12H2,1-5H3,(H,21,22,23). The van der Waals surface area contributed by atoms with Crippen LogP contribution in [0.4, 0.5) is 11.8 Å². The Labute approximate surface area is 154 Å². The van der Waals surface area contributed by atoms with Crippen molar-refractivity contribution in [2.24, 2.45) is 0 Å². The summed E-state index contributed by atoms with van der Waals surface area (Å²) in [6.45, 7) is 8.65. The van der Waals surface area contributed by atoms with Crippen molar-refractivity contribution in [3.8, 4) is 11.5 Å². The van der Waals surface area contributed by atoms with E-state index in [1.165, 1.54) is 5.57 Å². The van der Waals surface area contributed by atoms with Crippen molar-refractivity contribution >= 4 is 23.4 Å². The van der Waals surface area contributed by atoms with Gasteiger partial charge in [-0.05, 0) is 44.6 Å². The molecule has 2 aromatic rings.